The van der Waals surface area contributed by atoms with Crippen LogP contribution < -0.4 is 5.32 Å². The number of aryl methyl sites for hydroxylation is 1. The van der Waals surface area contributed by atoms with Gasteiger partial charge in [-0.3, -0.25) is 0 Å². The highest BCUT2D eigenvalue weighted by molar-refractivity contribution is 9.10. The number of rotatable bonds is 5. The second-order valence-electron chi connectivity index (χ2n) is 4.20. The Kier molecular flexibility index (Phi) is 4.58. The minimum absolute atomic E-state index is 0.643. The van der Waals surface area contributed by atoms with Crippen LogP contribution in [0.5, 0.6) is 0 Å². The van der Waals surface area contributed by atoms with Crippen LogP contribution in [-0.4, -0.2) is 9.55 Å². The highest BCUT2D eigenvalue weighted by Gasteiger charge is 2.04. The molecule has 0 fully saturated rings. The molecule has 1 aromatic carbocycles. The van der Waals surface area contributed by atoms with Crippen molar-refractivity contribution in [1.82, 2.24) is 9.55 Å². The Hall–Kier alpha value is -1.80. The maximum atomic E-state index is 8.82. The third-order valence-electron chi connectivity index (χ3n) is 2.80. The first-order chi connectivity index (χ1) is 9.24. The molecule has 1 heterocycles. The van der Waals surface area contributed by atoms with E-state index in [-0.39, 0.29) is 0 Å². The number of nitriles is 1. The number of aromatic nitrogens is 2. The molecule has 0 aliphatic rings. The van der Waals surface area contributed by atoms with Crippen molar-refractivity contribution in [3.8, 4) is 6.07 Å². The summed E-state index contributed by atoms with van der Waals surface area (Å²) in [6.07, 6.45) is 4.90. The van der Waals surface area contributed by atoms with Gasteiger partial charge in [0.2, 0.25) is 0 Å². The van der Waals surface area contributed by atoms with Crippen LogP contribution in [0.25, 0.3) is 0 Å². The number of imidazole rings is 1. The highest BCUT2D eigenvalue weighted by atomic mass is 79.9. The molecular formula is C14H15BrN4. The maximum absolute atomic E-state index is 8.82. The average molecular weight is 319 g/mol. The van der Waals surface area contributed by atoms with E-state index in [1.807, 2.05) is 18.5 Å². The van der Waals surface area contributed by atoms with Gasteiger partial charge >= 0.3 is 0 Å². The van der Waals surface area contributed by atoms with Crippen molar-refractivity contribution in [3.05, 3.63) is 46.5 Å². The highest BCUT2D eigenvalue weighted by Crippen LogP contribution is 2.23. The molecule has 0 bridgehead atoms. The lowest BCUT2D eigenvalue weighted by Crippen LogP contribution is -2.08. The molecule has 0 spiro atoms. The molecule has 0 aliphatic heterocycles. The van der Waals surface area contributed by atoms with Crippen molar-refractivity contribution >= 4 is 21.6 Å². The van der Waals surface area contributed by atoms with E-state index in [0.717, 1.165) is 29.0 Å². The summed E-state index contributed by atoms with van der Waals surface area (Å²) in [4.78, 5) is 4.35. The van der Waals surface area contributed by atoms with Crippen LogP contribution in [0.4, 0.5) is 5.69 Å². The zero-order chi connectivity index (χ0) is 13.7. The Labute approximate surface area is 121 Å². The Morgan fingerprint density at radius 3 is 3.00 bits per heavy atom. The second-order valence-corrected chi connectivity index (χ2v) is 5.05. The van der Waals surface area contributed by atoms with E-state index in [0.29, 0.717) is 12.1 Å². The van der Waals surface area contributed by atoms with Gasteiger partial charge in [0.1, 0.15) is 5.82 Å². The molecule has 2 rings (SSSR count). The van der Waals surface area contributed by atoms with Crippen LogP contribution in [-0.2, 0) is 13.1 Å². The molecule has 1 N–H and O–H groups in total. The van der Waals surface area contributed by atoms with Gasteiger partial charge in [-0.1, -0.05) is 6.92 Å². The average Bonchev–Trinajstić information content (AvgIpc) is 2.85. The van der Waals surface area contributed by atoms with Gasteiger partial charge in [-0.2, -0.15) is 5.26 Å². The van der Waals surface area contributed by atoms with Gasteiger partial charge in [-0.05, 0) is 40.5 Å². The van der Waals surface area contributed by atoms with Crippen LogP contribution in [0, 0.1) is 11.3 Å². The minimum Gasteiger partial charge on any atom is -0.377 e. The first-order valence-corrected chi connectivity index (χ1v) is 6.97. The summed E-state index contributed by atoms with van der Waals surface area (Å²) in [5.41, 5.74) is 1.61. The predicted octanol–water partition coefficient (Wildman–Crippen LogP) is 3.54. The first kappa shape index (κ1) is 13.6. The van der Waals surface area contributed by atoms with E-state index in [1.165, 1.54) is 0 Å². The SMILES string of the molecule is CCCn1ccnc1CNc1ccc(C#N)cc1Br. The molecule has 98 valence electrons. The van der Waals surface area contributed by atoms with Gasteiger partial charge < -0.3 is 9.88 Å². The molecule has 0 saturated carbocycles. The van der Waals surface area contributed by atoms with Gasteiger partial charge in [0.05, 0.1) is 18.2 Å². The summed E-state index contributed by atoms with van der Waals surface area (Å²) in [6, 6.07) is 7.62. The number of nitrogens with one attached hydrogen (secondary N) is 1. The molecule has 0 amide bonds. The number of nitrogens with zero attached hydrogens (tertiary/aromatic N) is 3. The maximum Gasteiger partial charge on any atom is 0.128 e. The van der Waals surface area contributed by atoms with Gasteiger partial charge in [-0.15, -0.1) is 0 Å². The smallest absolute Gasteiger partial charge is 0.128 e. The molecular weight excluding hydrogens is 304 g/mol. The molecule has 0 atom stereocenters. The second kappa shape index (κ2) is 6.39. The van der Waals surface area contributed by atoms with Gasteiger partial charge in [-0.25, -0.2) is 4.98 Å². The Morgan fingerprint density at radius 1 is 1.47 bits per heavy atom. The molecule has 1 aromatic heterocycles. The molecule has 4 nitrogen and oxygen atoms in total. The van der Waals surface area contributed by atoms with E-state index in [2.05, 4.69) is 43.8 Å². The summed E-state index contributed by atoms with van der Waals surface area (Å²) >= 11 is 3.46. The Bertz CT molecular complexity index is 598. The quantitative estimate of drug-likeness (QED) is 0.917. The molecule has 19 heavy (non-hydrogen) atoms. The van der Waals surface area contributed by atoms with Crippen molar-refractivity contribution in [1.29, 1.82) is 5.26 Å². The van der Waals surface area contributed by atoms with Gasteiger partial charge in [0, 0.05) is 29.1 Å². The summed E-state index contributed by atoms with van der Waals surface area (Å²) < 4.78 is 3.03. The van der Waals surface area contributed by atoms with Crippen molar-refractivity contribution in [3.63, 3.8) is 0 Å². The Morgan fingerprint density at radius 2 is 2.32 bits per heavy atom. The van der Waals surface area contributed by atoms with E-state index < -0.39 is 0 Å². The molecule has 0 radical (unpaired) electrons. The summed E-state index contributed by atoms with van der Waals surface area (Å²) in [5.74, 6) is 1.01. The molecule has 2 aromatic rings. The summed E-state index contributed by atoms with van der Waals surface area (Å²) in [5, 5.41) is 12.1. The molecule has 0 unspecified atom stereocenters. The van der Waals surface area contributed by atoms with E-state index in [1.54, 1.807) is 12.1 Å². The largest absolute Gasteiger partial charge is 0.377 e. The van der Waals surface area contributed by atoms with Crippen LogP contribution in [0.3, 0.4) is 0 Å². The zero-order valence-corrected chi connectivity index (χ0v) is 12.3. The third kappa shape index (κ3) is 3.36. The molecule has 0 aliphatic carbocycles. The van der Waals surface area contributed by atoms with Crippen LogP contribution >= 0.6 is 15.9 Å². The summed E-state index contributed by atoms with van der Waals surface area (Å²) in [6.45, 7) is 3.79. The first-order valence-electron chi connectivity index (χ1n) is 6.18. The minimum atomic E-state index is 0.643. The zero-order valence-electron chi connectivity index (χ0n) is 10.7. The van der Waals surface area contributed by atoms with Crippen LogP contribution in [0.1, 0.15) is 24.7 Å². The normalized spacial score (nSPS) is 10.2. The van der Waals surface area contributed by atoms with Crippen molar-refractivity contribution in [2.24, 2.45) is 0 Å². The van der Waals surface area contributed by atoms with E-state index in [9.17, 15) is 0 Å². The van der Waals surface area contributed by atoms with Gasteiger partial charge in [0.25, 0.3) is 0 Å². The van der Waals surface area contributed by atoms with Crippen LogP contribution in [0.15, 0.2) is 35.1 Å². The molecule has 5 heteroatoms. The summed E-state index contributed by atoms with van der Waals surface area (Å²) in [7, 11) is 0. The van der Waals surface area contributed by atoms with E-state index >= 15 is 0 Å². The van der Waals surface area contributed by atoms with Crippen molar-refractivity contribution < 1.29 is 0 Å². The standard InChI is InChI=1S/C14H15BrN4/c1-2-6-19-7-5-17-14(19)10-18-13-4-3-11(9-16)8-12(13)15/h3-5,7-8,18H,2,6,10H2,1H3. The number of halogens is 1. The van der Waals surface area contributed by atoms with Crippen molar-refractivity contribution in [2.75, 3.05) is 5.32 Å². The third-order valence-corrected chi connectivity index (χ3v) is 3.46. The van der Waals surface area contributed by atoms with Crippen LogP contribution in [0.2, 0.25) is 0 Å². The number of benzene rings is 1. The fourth-order valence-electron chi connectivity index (χ4n) is 1.85. The monoisotopic (exact) mass is 318 g/mol. The number of anilines is 1. The number of hydrogen-bond donors (Lipinski definition) is 1. The van der Waals surface area contributed by atoms with Crippen molar-refractivity contribution in [2.45, 2.75) is 26.4 Å². The predicted molar refractivity (Wildman–Crippen MR) is 78.7 cm³/mol. The van der Waals surface area contributed by atoms with Gasteiger partial charge in [0.15, 0.2) is 0 Å². The Balaban J connectivity index is 2.06. The lowest BCUT2D eigenvalue weighted by atomic mass is 10.2. The van der Waals surface area contributed by atoms with E-state index in [4.69, 9.17) is 5.26 Å². The fraction of sp³-hybridized carbons (Fsp3) is 0.286. The lowest BCUT2D eigenvalue weighted by molar-refractivity contribution is 0.644. The number of hydrogen-bond acceptors (Lipinski definition) is 3. The fourth-order valence-corrected chi connectivity index (χ4v) is 2.37. The topological polar surface area (TPSA) is 53.6 Å². The molecule has 0 saturated heterocycles. The lowest BCUT2D eigenvalue weighted by Gasteiger charge is -2.10.